The third-order valence-corrected chi connectivity index (χ3v) is 17.2. The van der Waals surface area contributed by atoms with Crippen LogP contribution < -0.4 is 5.73 Å². The Labute approximate surface area is 312 Å². The van der Waals surface area contributed by atoms with Crippen LogP contribution in [0, 0.1) is 62.6 Å². The van der Waals surface area contributed by atoms with Crippen LogP contribution in [-0.4, -0.2) is 81.2 Å². The number of likely N-dealkylation sites (tertiary alicyclic amines) is 1. The molecule has 2 bridgehead atoms. The summed E-state index contributed by atoms with van der Waals surface area (Å²) in [5, 5.41) is 15.9. The number of rotatable bonds is 9. The molecule has 0 aromatic carbocycles. The van der Waals surface area contributed by atoms with Gasteiger partial charge in [0.1, 0.15) is 6.33 Å². The second-order valence-electron chi connectivity index (χ2n) is 20.2. The van der Waals surface area contributed by atoms with Crippen LogP contribution in [0.4, 0.5) is 0 Å². The first kappa shape index (κ1) is 38.0. The van der Waals surface area contributed by atoms with E-state index < -0.39 is 22.8 Å². The van der Waals surface area contributed by atoms with Gasteiger partial charge in [0.05, 0.1) is 37.9 Å². The first-order chi connectivity index (χ1) is 24.3. The minimum atomic E-state index is -0.641. The predicted octanol–water partition coefficient (Wildman–Crippen LogP) is 7.01. The Bertz CT molecular complexity index is 1600. The van der Waals surface area contributed by atoms with Crippen molar-refractivity contribution in [2.45, 2.75) is 132 Å². The van der Waals surface area contributed by atoms with Gasteiger partial charge < -0.3 is 25.2 Å². The summed E-state index contributed by atoms with van der Waals surface area (Å²) < 4.78 is 15.7. The summed E-state index contributed by atoms with van der Waals surface area (Å²) in [5.74, 6) is 0.699. The average molecular weight is 722 g/mol. The molecule has 3 heterocycles. The molecule has 4 aliphatic carbocycles. The van der Waals surface area contributed by atoms with Gasteiger partial charge in [-0.25, -0.2) is 9.67 Å². The van der Waals surface area contributed by atoms with E-state index in [9.17, 15) is 14.7 Å². The number of carbonyl (C=O) groups excluding carboxylic acids is 1. The molecule has 52 heavy (non-hydrogen) atoms. The van der Waals surface area contributed by atoms with Crippen LogP contribution in [0.2, 0.25) is 0 Å². The van der Waals surface area contributed by atoms with Crippen molar-refractivity contribution in [2.24, 2.45) is 68.3 Å². The minimum Gasteiger partial charge on any atom is -0.481 e. The summed E-state index contributed by atoms with van der Waals surface area (Å²) in [4.78, 5) is 33.8. The zero-order valence-electron chi connectivity index (χ0n) is 33.7. The van der Waals surface area contributed by atoms with Gasteiger partial charge in [-0.3, -0.25) is 9.59 Å². The molecule has 12 atom stereocenters. The van der Waals surface area contributed by atoms with Crippen LogP contribution >= 0.6 is 0 Å². The Kier molecular flexibility index (Phi) is 9.22. The Balaban J connectivity index is 1.33. The number of hydrogen-bond donors (Lipinski definition) is 2. The standard InChI is InChI=1S/C42H67N5O5/c1-25(2)27(5)37(6)16-17-39(8)28-12-13-31-38(7)21-51-23-42(31,29(28)14-15-40(39,9)32(37)36(49)50)20-30(33(38)52-22-41(10,43)26(3)4)47-34(44-24-45-47)35(48)46-18-11-19-46/h14,24-28,30-33H,11-13,15-23,43H2,1-10H3,(H,49,50)/t27-,28+,30-,31+,32-,33+,37-,38-,39-,40+,41+,42+/m1/s1. The van der Waals surface area contributed by atoms with E-state index in [1.54, 1.807) is 0 Å². The molecule has 3 saturated carbocycles. The number of amides is 1. The molecule has 10 heteroatoms. The molecule has 0 spiro atoms. The second-order valence-corrected chi connectivity index (χ2v) is 20.2. The van der Waals surface area contributed by atoms with Crippen LogP contribution in [0.5, 0.6) is 0 Å². The van der Waals surface area contributed by atoms with Gasteiger partial charge in [0.15, 0.2) is 0 Å². The molecule has 290 valence electrons. The molecule has 0 radical (unpaired) electrons. The van der Waals surface area contributed by atoms with E-state index >= 15 is 0 Å². The van der Waals surface area contributed by atoms with E-state index in [-0.39, 0.29) is 51.5 Å². The van der Waals surface area contributed by atoms with Gasteiger partial charge in [-0.05, 0) is 97.7 Å². The van der Waals surface area contributed by atoms with Crippen molar-refractivity contribution in [1.29, 1.82) is 0 Å². The molecular formula is C42H67N5O5. The minimum absolute atomic E-state index is 0.0678. The number of aliphatic carboxylic acids is 1. The molecule has 1 aromatic rings. The maximum Gasteiger partial charge on any atom is 0.307 e. The molecule has 0 unspecified atom stereocenters. The summed E-state index contributed by atoms with van der Waals surface area (Å²) >= 11 is 0. The third kappa shape index (κ3) is 5.18. The SMILES string of the molecule is CC(C)[C@@H](C)[C@@]1(C)CC[C@]2(C)[C@H]3CC[C@@H]4[C@@]5(COC[C@@]4(C)[C@@H](OC[C@](C)(N)C(C)C)[C@H](n4ncnc4C(=O)N4CCC4)C5)C3=CC[C@@]2(C)[C@@H]1C(=O)O. The summed E-state index contributed by atoms with van der Waals surface area (Å²) in [6.45, 7) is 25.5. The number of carboxylic acids is 1. The number of allylic oxidation sites excluding steroid dienone is 1. The Morgan fingerprint density at radius 3 is 2.40 bits per heavy atom. The molecule has 2 aliphatic heterocycles. The van der Waals surface area contributed by atoms with Crippen molar-refractivity contribution in [3.05, 3.63) is 23.8 Å². The van der Waals surface area contributed by atoms with Gasteiger partial charge in [-0.15, -0.1) is 0 Å². The van der Waals surface area contributed by atoms with Gasteiger partial charge in [0, 0.05) is 29.5 Å². The highest BCUT2D eigenvalue weighted by Crippen LogP contribution is 2.75. The second kappa shape index (κ2) is 12.6. The summed E-state index contributed by atoms with van der Waals surface area (Å²) in [7, 11) is 0. The van der Waals surface area contributed by atoms with Crippen LogP contribution in [0.25, 0.3) is 0 Å². The number of hydrogen-bond acceptors (Lipinski definition) is 7. The lowest BCUT2D eigenvalue weighted by Gasteiger charge is -2.71. The fourth-order valence-electron chi connectivity index (χ4n) is 12.9. The van der Waals surface area contributed by atoms with Crippen molar-refractivity contribution in [1.82, 2.24) is 19.7 Å². The van der Waals surface area contributed by atoms with Crippen molar-refractivity contribution in [3.8, 4) is 0 Å². The van der Waals surface area contributed by atoms with Gasteiger partial charge in [0.25, 0.3) is 5.91 Å². The van der Waals surface area contributed by atoms with Crippen LogP contribution in [-0.2, 0) is 14.3 Å². The number of fused-ring (bicyclic) bond motifs is 3. The number of carboxylic acid groups (broad SMARTS) is 1. The fourth-order valence-corrected chi connectivity index (χ4v) is 12.9. The van der Waals surface area contributed by atoms with E-state index in [0.717, 1.165) is 58.0 Å². The van der Waals surface area contributed by atoms with Crippen molar-refractivity contribution in [2.75, 3.05) is 32.9 Å². The zero-order valence-corrected chi connectivity index (χ0v) is 33.7. The largest absolute Gasteiger partial charge is 0.481 e. The van der Waals surface area contributed by atoms with Crippen LogP contribution in [0.3, 0.4) is 0 Å². The number of aromatic nitrogens is 3. The van der Waals surface area contributed by atoms with Crippen molar-refractivity contribution >= 4 is 11.9 Å². The molecule has 3 N–H and O–H groups in total. The number of nitrogens with zero attached hydrogens (tertiary/aromatic N) is 4. The number of nitrogens with two attached hydrogens (primary N) is 1. The van der Waals surface area contributed by atoms with E-state index in [1.165, 1.54) is 11.9 Å². The first-order valence-corrected chi connectivity index (χ1v) is 20.4. The van der Waals surface area contributed by atoms with Gasteiger partial charge in [-0.1, -0.05) is 74.0 Å². The maximum atomic E-state index is 13.8. The smallest absolute Gasteiger partial charge is 0.307 e. The quantitative estimate of drug-likeness (QED) is 0.260. The molecule has 1 amide bonds. The first-order valence-electron chi connectivity index (χ1n) is 20.4. The van der Waals surface area contributed by atoms with Crippen molar-refractivity contribution < 1.29 is 24.2 Å². The summed E-state index contributed by atoms with van der Waals surface area (Å²) in [6.07, 6.45) is 10.2. The molecule has 10 nitrogen and oxygen atoms in total. The van der Waals surface area contributed by atoms with Gasteiger partial charge in [-0.2, -0.15) is 5.10 Å². The summed E-state index contributed by atoms with van der Waals surface area (Å²) in [6, 6.07) is -0.245. The Morgan fingerprint density at radius 1 is 1.08 bits per heavy atom. The topological polar surface area (TPSA) is 133 Å². The van der Waals surface area contributed by atoms with E-state index in [1.807, 2.05) is 9.58 Å². The molecular weight excluding hydrogens is 654 g/mol. The highest BCUT2D eigenvalue weighted by Gasteiger charge is 2.72. The molecule has 7 rings (SSSR count). The lowest BCUT2D eigenvalue weighted by molar-refractivity contribution is -0.252. The predicted molar refractivity (Wildman–Crippen MR) is 200 cm³/mol. The van der Waals surface area contributed by atoms with E-state index in [4.69, 9.17) is 20.3 Å². The highest BCUT2D eigenvalue weighted by atomic mass is 16.5. The monoisotopic (exact) mass is 722 g/mol. The molecule has 6 aliphatic rings. The van der Waals surface area contributed by atoms with E-state index in [0.29, 0.717) is 43.4 Å². The van der Waals surface area contributed by atoms with Gasteiger partial charge >= 0.3 is 5.97 Å². The van der Waals surface area contributed by atoms with Gasteiger partial charge in [0.2, 0.25) is 5.82 Å². The lowest BCUT2D eigenvalue weighted by atomic mass is 9.34. The average Bonchev–Trinajstić information content (AvgIpc) is 3.53. The van der Waals surface area contributed by atoms with E-state index in [2.05, 4.69) is 80.3 Å². The van der Waals surface area contributed by atoms with Crippen LogP contribution in [0.15, 0.2) is 18.0 Å². The van der Waals surface area contributed by atoms with Crippen LogP contribution in [0.1, 0.15) is 131 Å². The third-order valence-electron chi connectivity index (χ3n) is 17.2. The molecule has 1 aromatic heterocycles. The van der Waals surface area contributed by atoms with Crippen molar-refractivity contribution in [3.63, 3.8) is 0 Å². The Hall–Kier alpha value is -2.30. The summed E-state index contributed by atoms with van der Waals surface area (Å²) in [5.41, 5.74) is 6.25. The molecule has 2 saturated heterocycles. The Morgan fingerprint density at radius 2 is 1.79 bits per heavy atom. The fraction of sp³-hybridized carbons (Fsp3) is 0.857. The lowest BCUT2D eigenvalue weighted by Crippen LogP contribution is -2.69. The normalized spacial score (nSPS) is 43.1. The zero-order chi connectivity index (χ0) is 37.8. The number of ether oxygens (including phenoxy) is 2. The maximum absolute atomic E-state index is 13.8. The molecule has 5 fully saturated rings. The number of carbonyl (C=O) groups is 2. The highest BCUT2D eigenvalue weighted by molar-refractivity contribution is 5.91.